The van der Waals surface area contributed by atoms with Gasteiger partial charge in [0.05, 0.1) is 17.0 Å². The number of terminal acetylenes is 1. The maximum atomic E-state index is 13.1. The first-order valence-corrected chi connectivity index (χ1v) is 5.20. The van der Waals surface area contributed by atoms with Crippen LogP contribution in [-0.4, -0.2) is 16.9 Å². The second-order valence-electron chi connectivity index (χ2n) is 3.56. The highest BCUT2D eigenvalue weighted by molar-refractivity contribution is 5.95. The fourth-order valence-corrected chi connectivity index (χ4v) is 1.31. The molecule has 6 heteroatoms. The molecule has 0 aromatic heterocycles. The highest BCUT2D eigenvalue weighted by Crippen LogP contribution is 2.16. The van der Waals surface area contributed by atoms with Crippen molar-refractivity contribution in [2.45, 2.75) is 19.4 Å². The molecule has 0 saturated heterocycles. The molecule has 0 saturated carbocycles. The number of rotatable bonds is 4. The Balaban J connectivity index is 2.99. The van der Waals surface area contributed by atoms with E-state index in [0.717, 1.165) is 18.2 Å². The standard InChI is InChI=1S/C12H11FN2O3/c1-3-10(4-2)14-12(16)8-5-9(13)7-11(6-8)15(17)18/h1,5-7,10H,4H2,2H3,(H,14,16). The van der Waals surface area contributed by atoms with E-state index >= 15 is 0 Å². The number of hydrogen-bond acceptors (Lipinski definition) is 3. The van der Waals surface area contributed by atoms with Crippen molar-refractivity contribution in [3.63, 3.8) is 0 Å². The van der Waals surface area contributed by atoms with Gasteiger partial charge in [-0.05, 0) is 12.5 Å². The predicted octanol–water partition coefficient (Wildman–Crippen LogP) is 1.88. The van der Waals surface area contributed by atoms with Crippen LogP contribution in [0, 0.1) is 28.3 Å². The van der Waals surface area contributed by atoms with Crippen molar-refractivity contribution in [1.82, 2.24) is 5.32 Å². The van der Waals surface area contributed by atoms with Crippen molar-refractivity contribution in [2.75, 3.05) is 0 Å². The van der Waals surface area contributed by atoms with E-state index in [1.807, 2.05) is 0 Å². The minimum Gasteiger partial charge on any atom is -0.338 e. The van der Waals surface area contributed by atoms with Crippen molar-refractivity contribution < 1.29 is 14.1 Å². The molecule has 5 nitrogen and oxygen atoms in total. The molecule has 0 heterocycles. The summed E-state index contributed by atoms with van der Waals surface area (Å²) < 4.78 is 13.1. The molecule has 18 heavy (non-hydrogen) atoms. The van der Waals surface area contributed by atoms with Gasteiger partial charge in [0.15, 0.2) is 0 Å². The zero-order chi connectivity index (χ0) is 13.7. The number of hydrogen-bond donors (Lipinski definition) is 1. The molecule has 0 fully saturated rings. The fraction of sp³-hybridized carbons (Fsp3) is 0.250. The number of carbonyl (C=O) groups is 1. The minimum atomic E-state index is -0.844. The summed E-state index contributed by atoms with van der Waals surface area (Å²) in [6.45, 7) is 1.78. The number of benzene rings is 1. The molecular weight excluding hydrogens is 239 g/mol. The monoisotopic (exact) mass is 250 g/mol. The van der Waals surface area contributed by atoms with Crippen LogP contribution in [0.15, 0.2) is 18.2 Å². The van der Waals surface area contributed by atoms with E-state index in [4.69, 9.17) is 6.42 Å². The molecule has 1 aromatic rings. The SMILES string of the molecule is C#CC(CC)NC(=O)c1cc(F)cc([N+](=O)[O-])c1. The first-order chi connectivity index (χ1) is 8.47. The van der Waals surface area contributed by atoms with Gasteiger partial charge in [-0.2, -0.15) is 0 Å². The Morgan fingerprint density at radius 3 is 2.78 bits per heavy atom. The minimum absolute atomic E-state index is 0.129. The topological polar surface area (TPSA) is 72.2 Å². The van der Waals surface area contributed by atoms with Gasteiger partial charge in [0, 0.05) is 11.6 Å². The number of non-ortho nitro benzene ring substituents is 1. The molecule has 0 spiro atoms. The van der Waals surface area contributed by atoms with Gasteiger partial charge in [-0.3, -0.25) is 14.9 Å². The lowest BCUT2D eigenvalue weighted by Crippen LogP contribution is -2.33. The molecule has 0 bridgehead atoms. The average Bonchev–Trinajstić information content (AvgIpc) is 2.34. The Hall–Kier alpha value is -2.42. The van der Waals surface area contributed by atoms with Crippen LogP contribution < -0.4 is 5.32 Å². The smallest absolute Gasteiger partial charge is 0.273 e. The van der Waals surface area contributed by atoms with E-state index in [-0.39, 0.29) is 5.56 Å². The predicted molar refractivity (Wildman–Crippen MR) is 63.4 cm³/mol. The third kappa shape index (κ3) is 3.28. The Morgan fingerprint density at radius 2 is 2.28 bits per heavy atom. The molecule has 1 unspecified atom stereocenters. The van der Waals surface area contributed by atoms with Gasteiger partial charge < -0.3 is 5.32 Å². The number of nitrogens with one attached hydrogen (secondary N) is 1. The van der Waals surface area contributed by atoms with Crippen LogP contribution in [0.4, 0.5) is 10.1 Å². The molecule has 0 aliphatic carbocycles. The number of amides is 1. The first-order valence-electron chi connectivity index (χ1n) is 5.20. The Kier molecular flexibility index (Phi) is 4.38. The molecule has 1 aromatic carbocycles. The highest BCUT2D eigenvalue weighted by Gasteiger charge is 2.16. The lowest BCUT2D eigenvalue weighted by atomic mass is 10.1. The fourth-order valence-electron chi connectivity index (χ4n) is 1.31. The maximum absolute atomic E-state index is 13.1. The zero-order valence-corrected chi connectivity index (χ0v) is 9.64. The van der Waals surface area contributed by atoms with Crippen LogP contribution in [0.2, 0.25) is 0 Å². The van der Waals surface area contributed by atoms with Crippen LogP contribution in [0.3, 0.4) is 0 Å². The lowest BCUT2D eigenvalue weighted by molar-refractivity contribution is -0.385. The first kappa shape index (κ1) is 13.6. The van der Waals surface area contributed by atoms with Crippen LogP contribution in [0.5, 0.6) is 0 Å². The van der Waals surface area contributed by atoms with Crippen molar-refractivity contribution >= 4 is 11.6 Å². The van der Waals surface area contributed by atoms with Gasteiger partial charge in [0.1, 0.15) is 5.82 Å². The van der Waals surface area contributed by atoms with Gasteiger partial charge in [0.2, 0.25) is 0 Å². The molecule has 1 N–H and O–H groups in total. The number of nitro benzene ring substituents is 1. The molecule has 0 aliphatic rings. The van der Waals surface area contributed by atoms with E-state index in [9.17, 15) is 19.3 Å². The summed E-state index contributed by atoms with van der Waals surface area (Å²) in [4.78, 5) is 21.5. The van der Waals surface area contributed by atoms with Crippen LogP contribution in [0.1, 0.15) is 23.7 Å². The van der Waals surface area contributed by atoms with Gasteiger partial charge >= 0.3 is 0 Å². The zero-order valence-electron chi connectivity index (χ0n) is 9.64. The third-order valence-electron chi connectivity index (χ3n) is 2.27. The van der Waals surface area contributed by atoms with Crippen LogP contribution >= 0.6 is 0 Å². The van der Waals surface area contributed by atoms with Crippen molar-refractivity contribution in [3.05, 3.63) is 39.7 Å². The van der Waals surface area contributed by atoms with E-state index in [2.05, 4.69) is 11.2 Å². The van der Waals surface area contributed by atoms with Crippen molar-refractivity contribution in [2.24, 2.45) is 0 Å². The quantitative estimate of drug-likeness (QED) is 0.503. The summed E-state index contributed by atoms with van der Waals surface area (Å²) in [5.41, 5.74) is -0.607. The Bertz CT molecular complexity index is 523. The summed E-state index contributed by atoms with van der Waals surface area (Å²) in [6.07, 6.45) is 5.68. The largest absolute Gasteiger partial charge is 0.338 e. The Morgan fingerprint density at radius 1 is 1.61 bits per heavy atom. The molecule has 1 atom stereocenters. The molecule has 1 rings (SSSR count). The highest BCUT2D eigenvalue weighted by atomic mass is 19.1. The van der Waals surface area contributed by atoms with E-state index in [1.165, 1.54) is 0 Å². The van der Waals surface area contributed by atoms with E-state index < -0.39 is 28.4 Å². The lowest BCUT2D eigenvalue weighted by Gasteiger charge is -2.10. The summed E-state index contributed by atoms with van der Waals surface area (Å²) in [5.74, 6) is 0.864. The van der Waals surface area contributed by atoms with Gasteiger partial charge in [-0.1, -0.05) is 12.8 Å². The second-order valence-corrected chi connectivity index (χ2v) is 3.56. The summed E-state index contributed by atoms with van der Waals surface area (Å²) >= 11 is 0. The van der Waals surface area contributed by atoms with Crippen molar-refractivity contribution in [1.29, 1.82) is 0 Å². The number of nitro groups is 1. The molecule has 1 amide bonds. The van der Waals surface area contributed by atoms with Gasteiger partial charge in [-0.15, -0.1) is 6.42 Å². The van der Waals surface area contributed by atoms with Crippen LogP contribution in [0.25, 0.3) is 0 Å². The van der Waals surface area contributed by atoms with E-state index in [1.54, 1.807) is 6.92 Å². The third-order valence-corrected chi connectivity index (χ3v) is 2.27. The molecular formula is C12H11FN2O3. The summed E-state index contributed by atoms with van der Waals surface area (Å²) in [7, 11) is 0. The number of nitrogens with zero attached hydrogens (tertiary/aromatic N) is 1. The van der Waals surface area contributed by atoms with E-state index in [0.29, 0.717) is 6.42 Å². The number of carbonyl (C=O) groups excluding carboxylic acids is 1. The molecule has 0 aliphatic heterocycles. The van der Waals surface area contributed by atoms with Crippen molar-refractivity contribution in [3.8, 4) is 12.3 Å². The Labute approximate surface area is 103 Å². The number of halogens is 1. The second kappa shape index (κ2) is 5.77. The summed E-state index contributed by atoms with van der Waals surface area (Å²) in [5, 5.41) is 13.0. The average molecular weight is 250 g/mol. The summed E-state index contributed by atoms with van der Waals surface area (Å²) in [6, 6.07) is 2.18. The molecule has 0 radical (unpaired) electrons. The van der Waals surface area contributed by atoms with Gasteiger partial charge in [-0.25, -0.2) is 4.39 Å². The maximum Gasteiger partial charge on any atom is 0.273 e. The normalized spacial score (nSPS) is 11.4. The van der Waals surface area contributed by atoms with Gasteiger partial charge in [0.25, 0.3) is 11.6 Å². The molecule has 94 valence electrons. The van der Waals surface area contributed by atoms with Crippen LogP contribution in [-0.2, 0) is 0 Å².